The predicted molar refractivity (Wildman–Crippen MR) is 190 cm³/mol. The van der Waals surface area contributed by atoms with Gasteiger partial charge in [-0.3, -0.25) is 0 Å². The van der Waals surface area contributed by atoms with Gasteiger partial charge in [-0.25, -0.2) is 32.9 Å². The highest BCUT2D eigenvalue weighted by Crippen LogP contribution is 2.49. The summed E-state index contributed by atoms with van der Waals surface area (Å²) in [5, 5.41) is 13.4. The quantitative estimate of drug-likeness (QED) is 0.105. The minimum Gasteiger partial charge on any atom is -0.478 e. The number of carboxylic acid groups (broad SMARTS) is 1. The van der Waals surface area contributed by atoms with Gasteiger partial charge in [0.25, 0.3) is 10.0 Å². The van der Waals surface area contributed by atoms with E-state index < -0.39 is 16.0 Å². The number of anilines is 1. The third kappa shape index (κ3) is 7.90. The summed E-state index contributed by atoms with van der Waals surface area (Å²) >= 11 is 6.57. The Kier molecular flexibility index (Phi) is 9.84. The lowest BCUT2D eigenvalue weighted by Crippen LogP contribution is -2.36. The zero-order chi connectivity index (χ0) is 35.8. The number of aromatic carboxylic acids is 1. The zero-order valence-corrected chi connectivity index (χ0v) is 30.0. The van der Waals surface area contributed by atoms with Crippen LogP contribution in [0.5, 0.6) is 5.88 Å². The van der Waals surface area contributed by atoms with Crippen LogP contribution in [0.1, 0.15) is 78.9 Å². The molecule has 0 radical (unpaired) electrons. The van der Waals surface area contributed by atoms with Crippen molar-refractivity contribution in [2.75, 3.05) is 11.3 Å². The first-order chi connectivity index (χ1) is 23.7. The standard InChI is InChI=1S/C36H39ClN6O6S/c1-20(2)32-30(37)31-33(49-32)39-18-25(40-31)17-38-24(16-36(5)12-13-36)19-48-28-15-27(29-21(3)8-6-9-22(29)4)41-35(42-28)43-50(46,47)26-11-7-10-23(14-26)34(44)45/h6-11,14-15,18,20,24,38H,12-13,16-17,19H2,1-5H3,(H,44,45)(H,41,42,43). The maximum absolute atomic E-state index is 13.4. The lowest BCUT2D eigenvalue weighted by Gasteiger charge is -2.22. The Morgan fingerprint density at radius 3 is 2.48 bits per heavy atom. The van der Waals surface area contributed by atoms with Crippen molar-refractivity contribution in [3.8, 4) is 17.1 Å². The first-order valence-corrected chi connectivity index (χ1v) is 18.2. The van der Waals surface area contributed by atoms with Crippen LogP contribution in [0.4, 0.5) is 5.95 Å². The normalized spacial score (nSPS) is 14.5. The molecule has 0 saturated heterocycles. The van der Waals surface area contributed by atoms with Crippen LogP contribution in [0.2, 0.25) is 5.02 Å². The number of rotatable bonds is 14. The molecule has 1 atom stereocenters. The molecule has 3 heterocycles. The second-order valence-electron chi connectivity index (χ2n) is 13.5. The molecule has 50 heavy (non-hydrogen) atoms. The molecule has 1 unspecified atom stereocenters. The number of furan rings is 1. The van der Waals surface area contributed by atoms with Gasteiger partial charge in [0, 0.05) is 30.1 Å². The maximum Gasteiger partial charge on any atom is 0.335 e. The highest BCUT2D eigenvalue weighted by atomic mass is 35.5. The van der Waals surface area contributed by atoms with E-state index in [2.05, 4.69) is 31.9 Å². The summed E-state index contributed by atoms with van der Waals surface area (Å²) in [6.45, 7) is 10.8. The van der Waals surface area contributed by atoms with Crippen LogP contribution in [-0.2, 0) is 16.6 Å². The van der Waals surface area contributed by atoms with Crippen LogP contribution < -0.4 is 14.8 Å². The second-order valence-corrected chi connectivity index (χ2v) is 15.5. The Labute approximate surface area is 295 Å². The number of nitrogens with one attached hydrogen (secondary N) is 2. The summed E-state index contributed by atoms with van der Waals surface area (Å²) in [7, 11) is -4.25. The number of ether oxygens (including phenoxy) is 1. The molecular weight excluding hydrogens is 680 g/mol. The Bertz CT molecular complexity index is 2160. The number of aromatic nitrogens is 4. The van der Waals surface area contributed by atoms with E-state index in [9.17, 15) is 18.3 Å². The number of hydrogen-bond donors (Lipinski definition) is 3. The second kappa shape index (κ2) is 14.0. The van der Waals surface area contributed by atoms with Crippen LogP contribution >= 0.6 is 11.6 Å². The molecule has 1 saturated carbocycles. The summed E-state index contributed by atoms with van der Waals surface area (Å²) in [6, 6.07) is 12.5. The van der Waals surface area contributed by atoms with Gasteiger partial charge in [0.15, 0.2) is 0 Å². The first kappa shape index (κ1) is 35.2. The van der Waals surface area contributed by atoms with Crippen molar-refractivity contribution in [3.63, 3.8) is 0 Å². The van der Waals surface area contributed by atoms with Crippen molar-refractivity contribution < 1.29 is 27.5 Å². The van der Waals surface area contributed by atoms with Crippen molar-refractivity contribution in [1.29, 1.82) is 0 Å². The number of nitrogens with zero attached hydrogens (tertiary/aromatic N) is 4. The van der Waals surface area contributed by atoms with E-state index in [0.717, 1.165) is 42.0 Å². The van der Waals surface area contributed by atoms with E-state index in [0.29, 0.717) is 39.9 Å². The van der Waals surface area contributed by atoms with E-state index in [1.54, 1.807) is 12.3 Å². The molecule has 14 heteroatoms. The summed E-state index contributed by atoms with van der Waals surface area (Å²) in [4.78, 5) is 29.4. The van der Waals surface area contributed by atoms with E-state index in [1.807, 2.05) is 45.9 Å². The highest BCUT2D eigenvalue weighted by molar-refractivity contribution is 7.92. The fraction of sp³-hybridized carbons (Fsp3) is 0.361. The zero-order valence-electron chi connectivity index (χ0n) is 28.4. The van der Waals surface area contributed by atoms with Crippen LogP contribution in [0.3, 0.4) is 0 Å². The SMILES string of the molecule is Cc1cccc(C)c1-c1cc(OCC(CC2(C)CC2)NCc2cnc3oc(C(C)C)c(Cl)c3n2)nc(NS(=O)(=O)c2cccc(C(=O)O)c2)n1. The molecule has 3 aromatic heterocycles. The van der Waals surface area contributed by atoms with Crippen LogP contribution in [0, 0.1) is 19.3 Å². The van der Waals surface area contributed by atoms with Crippen molar-refractivity contribution in [3.05, 3.63) is 87.9 Å². The molecule has 12 nitrogen and oxygen atoms in total. The van der Waals surface area contributed by atoms with E-state index in [-0.39, 0.29) is 46.3 Å². The molecule has 6 rings (SSSR count). The molecule has 0 aliphatic heterocycles. The van der Waals surface area contributed by atoms with E-state index in [4.69, 9.17) is 25.7 Å². The fourth-order valence-electron chi connectivity index (χ4n) is 5.86. The largest absolute Gasteiger partial charge is 0.478 e. The minimum absolute atomic E-state index is 0.0943. The molecule has 5 aromatic rings. The van der Waals surface area contributed by atoms with Gasteiger partial charge in [0.05, 0.1) is 28.0 Å². The van der Waals surface area contributed by atoms with Gasteiger partial charge < -0.3 is 19.6 Å². The third-order valence-electron chi connectivity index (χ3n) is 8.85. The predicted octanol–water partition coefficient (Wildman–Crippen LogP) is 7.30. The van der Waals surface area contributed by atoms with Gasteiger partial charge >= 0.3 is 5.97 Å². The molecular formula is C36H39ClN6O6S. The Hall–Kier alpha value is -4.59. The van der Waals surface area contributed by atoms with E-state index in [1.165, 1.54) is 18.2 Å². The summed E-state index contributed by atoms with van der Waals surface area (Å²) in [6.07, 6.45) is 4.72. The fourth-order valence-corrected chi connectivity index (χ4v) is 7.23. The number of fused-ring (bicyclic) bond motifs is 1. The number of hydrogen-bond acceptors (Lipinski definition) is 10. The van der Waals surface area contributed by atoms with Gasteiger partial charge in [0.2, 0.25) is 17.5 Å². The van der Waals surface area contributed by atoms with Gasteiger partial charge in [-0.1, -0.05) is 56.6 Å². The van der Waals surface area contributed by atoms with Crippen molar-refractivity contribution >= 4 is 44.8 Å². The highest BCUT2D eigenvalue weighted by Gasteiger charge is 2.39. The van der Waals surface area contributed by atoms with Crippen molar-refractivity contribution in [2.45, 2.75) is 77.3 Å². The molecule has 0 amide bonds. The number of carboxylic acids is 1. The minimum atomic E-state index is -4.25. The number of benzene rings is 2. The van der Waals surface area contributed by atoms with Crippen LogP contribution in [-0.4, -0.2) is 52.1 Å². The van der Waals surface area contributed by atoms with Gasteiger partial charge in [-0.15, -0.1) is 0 Å². The molecule has 1 aliphatic rings. The number of carbonyl (C=O) groups is 1. The lowest BCUT2D eigenvalue weighted by atomic mass is 9.99. The number of aryl methyl sites for hydroxylation is 2. The molecule has 1 aliphatic carbocycles. The van der Waals surface area contributed by atoms with Crippen molar-refractivity contribution in [1.82, 2.24) is 25.3 Å². The number of halogens is 1. The average molecular weight is 719 g/mol. The molecule has 2 aromatic carbocycles. The molecule has 0 bridgehead atoms. The topological polar surface area (TPSA) is 169 Å². The van der Waals surface area contributed by atoms with E-state index >= 15 is 0 Å². The Balaban J connectivity index is 1.27. The average Bonchev–Trinajstić information content (AvgIpc) is 3.70. The Morgan fingerprint density at radius 1 is 1.08 bits per heavy atom. The van der Waals surface area contributed by atoms with Gasteiger partial charge in [-0.2, -0.15) is 4.98 Å². The third-order valence-corrected chi connectivity index (χ3v) is 10.5. The molecule has 1 fully saturated rings. The van der Waals surface area contributed by atoms with Gasteiger partial charge in [0.1, 0.15) is 22.9 Å². The number of sulfonamides is 1. The molecule has 262 valence electrons. The Morgan fingerprint density at radius 2 is 1.80 bits per heavy atom. The van der Waals surface area contributed by atoms with Crippen molar-refractivity contribution in [2.24, 2.45) is 5.41 Å². The first-order valence-electron chi connectivity index (χ1n) is 16.3. The maximum atomic E-state index is 13.4. The summed E-state index contributed by atoms with van der Waals surface area (Å²) in [5.41, 5.74) is 4.82. The monoisotopic (exact) mass is 718 g/mol. The van der Waals surface area contributed by atoms with Crippen LogP contribution in [0.15, 0.2) is 64.0 Å². The molecule has 3 N–H and O–H groups in total. The lowest BCUT2D eigenvalue weighted by molar-refractivity contribution is 0.0696. The molecule has 0 spiro atoms. The summed E-state index contributed by atoms with van der Waals surface area (Å²) < 4.78 is 41.3. The summed E-state index contributed by atoms with van der Waals surface area (Å²) in [5.74, 6) is -0.527. The smallest absolute Gasteiger partial charge is 0.335 e. The van der Waals surface area contributed by atoms with Crippen LogP contribution in [0.25, 0.3) is 22.5 Å². The van der Waals surface area contributed by atoms with Gasteiger partial charge in [-0.05, 0) is 67.9 Å².